The molecule has 246 valence electrons. The van der Waals surface area contributed by atoms with Crippen LogP contribution in [-0.2, 0) is 44.8 Å². The molecule has 4 N–H and O–H groups in total. The molecule has 11 nitrogen and oxygen atoms in total. The van der Waals surface area contributed by atoms with Crippen LogP contribution < -0.4 is 16.4 Å². The molecule has 11 heteroatoms. The second kappa shape index (κ2) is 15.7. The number of hydrogen-bond acceptors (Lipinski definition) is 9. The molecule has 0 aromatic heterocycles. The maximum absolute atomic E-state index is 13.1. The summed E-state index contributed by atoms with van der Waals surface area (Å²) in [6, 6.07) is 6.70. The highest BCUT2D eigenvalue weighted by Crippen LogP contribution is 2.54. The highest BCUT2D eigenvalue weighted by molar-refractivity contribution is 5.92. The number of benzene rings is 1. The number of ether oxygens (including phenoxy) is 3. The summed E-state index contributed by atoms with van der Waals surface area (Å²) < 4.78 is 16.7. The Hall–Kier alpha value is -3.47. The molecular weight excluding hydrogens is 578 g/mol. The van der Waals surface area contributed by atoms with Crippen molar-refractivity contribution in [2.75, 3.05) is 6.54 Å². The third-order valence-electron chi connectivity index (χ3n) is 9.90. The van der Waals surface area contributed by atoms with Gasteiger partial charge in [0.1, 0.15) is 31.4 Å². The van der Waals surface area contributed by atoms with Gasteiger partial charge in [-0.25, -0.2) is 0 Å². The van der Waals surface area contributed by atoms with Gasteiger partial charge in [0.25, 0.3) is 0 Å². The van der Waals surface area contributed by atoms with Crippen molar-refractivity contribution in [3.05, 3.63) is 35.9 Å². The van der Waals surface area contributed by atoms with E-state index in [4.69, 9.17) is 19.9 Å². The number of nitrogens with one attached hydrogen (secondary N) is 2. The maximum Gasteiger partial charge on any atom is 0.325 e. The fourth-order valence-electron chi connectivity index (χ4n) is 7.85. The summed E-state index contributed by atoms with van der Waals surface area (Å²) >= 11 is 0. The average Bonchev–Trinajstić information content (AvgIpc) is 3.03. The van der Waals surface area contributed by atoms with Gasteiger partial charge in [0.2, 0.25) is 11.8 Å². The zero-order chi connectivity index (χ0) is 31.8. The molecule has 6 rings (SSSR count). The van der Waals surface area contributed by atoms with Crippen molar-refractivity contribution in [1.29, 1.82) is 0 Å². The minimum Gasteiger partial charge on any atom is -0.462 e. The van der Waals surface area contributed by atoms with E-state index in [1.165, 1.54) is 6.42 Å². The van der Waals surface area contributed by atoms with E-state index >= 15 is 0 Å². The number of carbonyl (C=O) groups is 5. The molecule has 0 aliphatic heterocycles. The number of rotatable bonds is 14. The van der Waals surface area contributed by atoms with Crippen LogP contribution in [0.3, 0.4) is 0 Å². The first-order valence-electron chi connectivity index (χ1n) is 16.7. The Kier molecular flexibility index (Phi) is 11.5. The molecule has 1 aromatic rings. The molecule has 5 aliphatic carbocycles. The Bertz CT molecular complexity index is 1170. The lowest BCUT2D eigenvalue weighted by atomic mass is 9.55. The van der Waals surface area contributed by atoms with E-state index in [0.717, 1.165) is 75.2 Å². The second-order valence-electron chi connectivity index (χ2n) is 13.4. The van der Waals surface area contributed by atoms with E-state index in [9.17, 15) is 24.0 Å². The number of esters is 3. The minimum atomic E-state index is -1.24. The monoisotopic (exact) mass is 625 g/mol. The summed E-state index contributed by atoms with van der Waals surface area (Å²) in [5.41, 5.74) is 6.90. The van der Waals surface area contributed by atoms with Crippen LogP contribution in [0.15, 0.2) is 30.3 Å². The van der Waals surface area contributed by atoms with Gasteiger partial charge in [-0.15, -0.1) is 0 Å². The van der Waals surface area contributed by atoms with Gasteiger partial charge in [-0.3, -0.25) is 24.0 Å². The largest absolute Gasteiger partial charge is 0.462 e. The van der Waals surface area contributed by atoms with Gasteiger partial charge in [0.05, 0.1) is 12.5 Å². The van der Waals surface area contributed by atoms with Gasteiger partial charge in [-0.2, -0.15) is 0 Å². The molecule has 5 aliphatic rings. The van der Waals surface area contributed by atoms with Gasteiger partial charge in [-0.05, 0) is 93.4 Å². The lowest BCUT2D eigenvalue weighted by Gasteiger charge is -2.53. The van der Waals surface area contributed by atoms with Crippen LogP contribution >= 0.6 is 0 Å². The van der Waals surface area contributed by atoms with E-state index in [0.29, 0.717) is 11.8 Å². The SMILES string of the molecule is N[C@@H](CC(=O)OC1C2CC3CC(C2)CC1C3)C(=O)N[C@@H](CCC(=O)OC1CCCCC1)C(=O)NCC(=O)OCc1ccccc1. The van der Waals surface area contributed by atoms with Crippen molar-refractivity contribution in [2.45, 2.75) is 114 Å². The van der Waals surface area contributed by atoms with Crippen molar-refractivity contribution in [1.82, 2.24) is 10.6 Å². The Morgan fingerprint density at radius 1 is 0.800 bits per heavy atom. The number of amides is 2. The molecule has 2 amide bonds. The summed E-state index contributed by atoms with van der Waals surface area (Å²) in [6.45, 7) is -0.369. The standard InChI is InChI=1S/C34H47N3O8/c35-27(18-30(39)45-32-24-14-22-13-23(16-24)17-25(32)15-22)33(41)37-28(11-12-29(38)44-26-9-5-2-6-10-26)34(42)36-19-31(40)43-20-21-7-3-1-4-8-21/h1,3-4,7-8,22-28,32H,2,5-6,9-20,35H2,(H,36,42)(H,37,41)/t22?,23?,24?,25?,27-,28-,32?/m0/s1. The summed E-state index contributed by atoms with van der Waals surface area (Å²) in [7, 11) is 0. The highest BCUT2D eigenvalue weighted by Gasteiger charge is 2.50. The normalized spacial score (nSPS) is 26.7. The first-order chi connectivity index (χ1) is 21.7. The molecule has 5 fully saturated rings. The van der Waals surface area contributed by atoms with E-state index < -0.39 is 48.4 Å². The molecule has 1 aromatic carbocycles. The maximum atomic E-state index is 13.1. The minimum absolute atomic E-state index is 0.0528. The molecule has 0 unspecified atom stereocenters. The number of hydrogen-bond donors (Lipinski definition) is 3. The number of nitrogens with two attached hydrogens (primary N) is 1. The first-order valence-corrected chi connectivity index (χ1v) is 16.7. The van der Waals surface area contributed by atoms with Crippen molar-refractivity contribution in [3.63, 3.8) is 0 Å². The van der Waals surface area contributed by atoms with Crippen LogP contribution in [-0.4, -0.2) is 60.6 Å². The third-order valence-corrected chi connectivity index (χ3v) is 9.90. The summed E-state index contributed by atoms with van der Waals surface area (Å²) in [5, 5.41) is 5.05. The van der Waals surface area contributed by atoms with Crippen molar-refractivity contribution < 1.29 is 38.2 Å². The third kappa shape index (κ3) is 9.51. The van der Waals surface area contributed by atoms with Crippen LogP contribution in [0.4, 0.5) is 0 Å². The van der Waals surface area contributed by atoms with E-state index in [1.807, 2.05) is 30.3 Å². The van der Waals surface area contributed by atoms with Crippen LogP contribution in [0.2, 0.25) is 0 Å². The Morgan fingerprint density at radius 2 is 1.47 bits per heavy atom. The molecule has 0 saturated heterocycles. The predicted molar refractivity (Wildman–Crippen MR) is 163 cm³/mol. The topological polar surface area (TPSA) is 163 Å². The van der Waals surface area contributed by atoms with Crippen LogP contribution in [0.5, 0.6) is 0 Å². The fraction of sp³-hybridized carbons (Fsp3) is 0.676. The molecule has 0 heterocycles. The summed E-state index contributed by atoms with van der Waals surface area (Å²) in [6.07, 6.45) is 9.67. The lowest BCUT2D eigenvalue weighted by molar-refractivity contribution is -0.171. The van der Waals surface area contributed by atoms with Gasteiger partial charge in [-0.1, -0.05) is 36.8 Å². The fourth-order valence-corrected chi connectivity index (χ4v) is 7.85. The molecule has 4 bridgehead atoms. The summed E-state index contributed by atoms with van der Waals surface area (Å²) in [4.78, 5) is 63.8. The Morgan fingerprint density at radius 3 is 2.13 bits per heavy atom. The smallest absolute Gasteiger partial charge is 0.325 e. The van der Waals surface area contributed by atoms with Gasteiger partial charge in [0.15, 0.2) is 0 Å². The molecule has 2 atom stereocenters. The molecular formula is C34H47N3O8. The molecule has 5 saturated carbocycles. The average molecular weight is 626 g/mol. The summed E-state index contributed by atoms with van der Waals surface area (Å²) in [5.74, 6) is -0.773. The Balaban J connectivity index is 1.11. The lowest BCUT2D eigenvalue weighted by Crippen LogP contribution is -2.53. The van der Waals surface area contributed by atoms with E-state index in [2.05, 4.69) is 10.6 Å². The van der Waals surface area contributed by atoms with Crippen molar-refractivity contribution in [2.24, 2.45) is 29.4 Å². The second-order valence-corrected chi connectivity index (χ2v) is 13.4. The highest BCUT2D eigenvalue weighted by atomic mass is 16.5. The van der Waals surface area contributed by atoms with E-state index in [1.54, 1.807) is 0 Å². The zero-order valence-electron chi connectivity index (χ0n) is 26.0. The van der Waals surface area contributed by atoms with Crippen molar-refractivity contribution in [3.8, 4) is 0 Å². The van der Waals surface area contributed by atoms with Gasteiger partial charge in [0, 0.05) is 6.42 Å². The molecule has 0 spiro atoms. The van der Waals surface area contributed by atoms with Crippen LogP contribution in [0.1, 0.15) is 89.0 Å². The van der Waals surface area contributed by atoms with Crippen LogP contribution in [0, 0.1) is 23.7 Å². The first kappa shape index (κ1) is 32.9. The molecule has 45 heavy (non-hydrogen) atoms. The van der Waals surface area contributed by atoms with Gasteiger partial charge < -0.3 is 30.6 Å². The Labute approximate surface area is 264 Å². The number of carbonyl (C=O) groups excluding carboxylic acids is 5. The quantitative estimate of drug-likeness (QED) is 0.208. The molecule has 0 radical (unpaired) electrons. The predicted octanol–water partition coefficient (Wildman–Crippen LogP) is 3.07. The van der Waals surface area contributed by atoms with Gasteiger partial charge >= 0.3 is 17.9 Å². The zero-order valence-corrected chi connectivity index (χ0v) is 26.0. The van der Waals surface area contributed by atoms with Crippen molar-refractivity contribution >= 4 is 29.7 Å². The van der Waals surface area contributed by atoms with E-state index in [-0.39, 0.29) is 38.1 Å². The van der Waals surface area contributed by atoms with Crippen LogP contribution in [0.25, 0.3) is 0 Å².